The highest BCUT2D eigenvalue weighted by molar-refractivity contribution is 7.84. The summed E-state index contributed by atoms with van der Waals surface area (Å²) in [5.74, 6) is -0.964. The van der Waals surface area contributed by atoms with Crippen LogP contribution in [0, 0.1) is 5.82 Å². The summed E-state index contributed by atoms with van der Waals surface area (Å²) in [5.41, 5.74) is 0.770. The van der Waals surface area contributed by atoms with Crippen LogP contribution in [0.15, 0.2) is 41.6 Å². The Morgan fingerprint density at radius 2 is 1.82 bits per heavy atom. The molecule has 3 nitrogen and oxygen atoms in total. The molecule has 8 heteroatoms. The van der Waals surface area contributed by atoms with E-state index in [1.54, 1.807) is 0 Å². The van der Waals surface area contributed by atoms with Crippen LogP contribution in [0.5, 0.6) is 5.75 Å². The summed E-state index contributed by atoms with van der Waals surface area (Å²) in [7, 11) is -1.42. The maximum absolute atomic E-state index is 13.8. The normalized spacial score (nSPS) is 13.0. The molecule has 0 spiro atoms. The van der Waals surface area contributed by atoms with Crippen LogP contribution in [0.2, 0.25) is 0 Å². The zero-order valence-electron chi connectivity index (χ0n) is 11.4. The van der Waals surface area contributed by atoms with Crippen molar-refractivity contribution in [3.05, 3.63) is 53.6 Å². The first-order valence-electron chi connectivity index (χ1n) is 6.07. The SMILES string of the molecule is C[S@@](=O)c1cncc(F)c1Cc1ccc(OC(F)(F)F)cc1. The minimum absolute atomic E-state index is 0.0928. The Hall–Kier alpha value is -1.96. The average Bonchev–Trinajstić information content (AvgIpc) is 2.41. The summed E-state index contributed by atoms with van der Waals surface area (Å²) in [6.45, 7) is 0. The summed E-state index contributed by atoms with van der Waals surface area (Å²) >= 11 is 0. The number of halogens is 4. The molecule has 118 valence electrons. The molecule has 0 saturated carbocycles. The molecule has 2 aromatic rings. The van der Waals surface area contributed by atoms with Crippen LogP contribution >= 0.6 is 0 Å². The summed E-state index contributed by atoms with van der Waals surface area (Å²) in [5, 5.41) is 0. The van der Waals surface area contributed by atoms with Gasteiger partial charge in [0.2, 0.25) is 0 Å². The fourth-order valence-corrected chi connectivity index (χ4v) is 2.60. The molecule has 2 rings (SSSR count). The molecule has 0 saturated heterocycles. The maximum atomic E-state index is 13.8. The van der Waals surface area contributed by atoms with Gasteiger partial charge in [0.25, 0.3) is 0 Å². The van der Waals surface area contributed by atoms with E-state index in [0.717, 1.165) is 18.3 Å². The molecule has 0 N–H and O–H groups in total. The highest BCUT2D eigenvalue weighted by atomic mass is 32.2. The molecule has 1 heterocycles. The second-order valence-corrected chi connectivity index (χ2v) is 5.77. The van der Waals surface area contributed by atoms with Gasteiger partial charge in [-0.1, -0.05) is 12.1 Å². The predicted octanol–water partition coefficient (Wildman–Crippen LogP) is 3.45. The number of benzene rings is 1. The second-order valence-electron chi connectivity index (χ2n) is 4.42. The van der Waals surface area contributed by atoms with E-state index < -0.39 is 23.0 Å². The van der Waals surface area contributed by atoms with E-state index >= 15 is 0 Å². The highest BCUT2D eigenvalue weighted by Gasteiger charge is 2.30. The Balaban J connectivity index is 2.23. The van der Waals surface area contributed by atoms with Crippen molar-refractivity contribution in [3.63, 3.8) is 0 Å². The molecule has 0 aliphatic rings. The first-order valence-corrected chi connectivity index (χ1v) is 7.62. The summed E-state index contributed by atoms with van der Waals surface area (Å²) < 4.78 is 65.4. The molecule has 1 aromatic heterocycles. The smallest absolute Gasteiger partial charge is 0.406 e. The van der Waals surface area contributed by atoms with Gasteiger partial charge in [-0.15, -0.1) is 13.2 Å². The number of hydrogen-bond acceptors (Lipinski definition) is 3. The highest BCUT2D eigenvalue weighted by Crippen LogP contribution is 2.24. The van der Waals surface area contributed by atoms with Crippen molar-refractivity contribution < 1.29 is 26.5 Å². The van der Waals surface area contributed by atoms with Crippen LogP contribution in [0.25, 0.3) is 0 Å². The van der Waals surface area contributed by atoms with Gasteiger partial charge in [0, 0.05) is 24.4 Å². The van der Waals surface area contributed by atoms with Crippen LogP contribution in [-0.2, 0) is 17.2 Å². The molecular weight excluding hydrogens is 322 g/mol. The van der Waals surface area contributed by atoms with Crippen molar-refractivity contribution in [3.8, 4) is 5.75 Å². The zero-order valence-corrected chi connectivity index (χ0v) is 12.2. The zero-order chi connectivity index (χ0) is 16.3. The molecule has 1 aromatic carbocycles. The number of nitrogens with zero attached hydrogens (tertiary/aromatic N) is 1. The van der Waals surface area contributed by atoms with E-state index in [4.69, 9.17) is 0 Å². The van der Waals surface area contributed by atoms with Gasteiger partial charge in [0.1, 0.15) is 11.6 Å². The lowest BCUT2D eigenvalue weighted by molar-refractivity contribution is -0.274. The van der Waals surface area contributed by atoms with Gasteiger partial charge in [-0.3, -0.25) is 9.19 Å². The fourth-order valence-electron chi connectivity index (χ4n) is 1.88. The Kier molecular flexibility index (Phi) is 4.80. The third-order valence-corrected chi connectivity index (χ3v) is 3.78. The molecule has 22 heavy (non-hydrogen) atoms. The third-order valence-electron chi connectivity index (χ3n) is 2.81. The van der Waals surface area contributed by atoms with Crippen LogP contribution < -0.4 is 4.74 Å². The maximum Gasteiger partial charge on any atom is 0.573 e. The summed E-state index contributed by atoms with van der Waals surface area (Å²) in [6, 6.07) is 5.07. The second kappa shape index (κ2) is 6.43. The van der Waals surface area contributed by atoms with Gasteiger partial charge >= 0.3 is 6.36 Å². The van der Waals surface area contributed by atoms with Crippen molar-refractivity contribution in [2.45, 2.75) is 17.7 Å². The average molecular weight is 333 g/mol. The van der Waals surface area contributed by atoms with Crippen molar-refractivity contribution in [1.82, 2.24) is 4.98 Å². The minimum Gasteiger partial charge on any atom is -0.406 e. The minimum atomic E-state index is -4.76. The number of rotatable bonds is 4. The quantitative estimate of drug-likeness (QED) is 0.805. The molecule has 0 fully saturated rings. The van der Waals surface area contributed by atoms with Gasteiger partial charge < -0.3 is 4.74 Å². The monoisotopic (exact) mass is 333 g/mol. The first kappa shape index (κ1) is 16.4. The molecule has 1 atom stereocenters. The Morgan fingerprint density at radius 1 is 1.18 bits per heavy atom. The Labute approximate surface area is 126 Å². The van der Waals surface area contributed by atoms with Crippen molar-refractivity contribution >= 4 is 10.8 Å². The summed E-state index contributed by atoms with van der Waals surface area (Å²) in [6.07, 6.45) is -0.941. The van der Waals surface area contributed by atoms with E-state index in [1.807, 2.05) is 0 Å². The standard InChI is InChI=1S/C14H11F4NO2S/c1-22(20)13-8-19-7-12(15)11(13)6-9-2-4-10(5-3-9)21-14(16,17)18/h2-5,7-8H,6H2,1H3/t22-/m1/s1. The molecule has 0 aliphatic heterocycles. The van der Waals surface area contributed by atoms with Gasteiger partial charge in [0.05, 0.1) is 21.9 Å². The number of ether oxygens (including phenoxy) is 1. The number of alkyl halides is 3. The van der Waals surface area contributed by atoms with E-state index in [-0.39, 0.29) is 22.6 Å². The lowest BCUT2D eigenvalue weighted by Gasteiger charge is -2.10. The topological polar surface area (TPSA) is 39.2 Å². The third kappa shape index (κ3) is 4.27. The van der Waals surface area contributed by atoms with Crippen LogP contribution in [0.3, 0.4) is 0 Å². The fraction of sp³-hybridized carbons (Fsp3) is 0.214. The molecule has 0 amide bonds. The van der Waals surface area contributed by atoms with Crippen LogP contribution in [0.1, 0.15) is 11.1 Å². The van der Waals surface area contributed by atoms with E-state index in [0.29, 0.717) is 5.56 Å². The van der Waals surface area contributed by atoms with Crippen molar-refractivity contribution in [2.24, 2.45) is 0 Å². The van der Waals surface area contributed by atoms with E-state index in [2.05, 4.69) is 9.72 Å². The molecular formula is C14H11F4NO2S. The lowest BCUT2D eigenvalue weighted by Crippen LogP contribution is -2.17. The summed E-state index contributed by atoms with van der Waals surface area (Å²) in [4.78, 5) is 3.91. The molecule has 0 radical (unpaired) electrons. The molecule has 0 aliphatic carbocycles. The van der Waals surface area contributed by atoms with Crippen molar-refractivity contribution in [1.29, 1.82) is 0 Å². The lowest BCUT2D eigenvalue weighted by atomic mass is 10.1. The largest absolute Gasteiger partial charge is 0.573 e. The number of aromatic nitrogens is 1. The molecule has 0 bridgehead atoms. The molecule has 0 unspecified atom stereocenters. The van der Waals surface area contributed by atoms with E-state index in [9.17, 15) is 21.8 Å². The Bertz CT molecular complexity index is 686. The number of hydrogen-bond donors (Lipinski definition) is 0. The van der Waals surface area contributed by atoms with Gasteiger partial charge in [-0.25, -0.2) is 4.39 Å². The van der Waals surface area contributed by atoms with Crippen LogP contribution in [0.4, 0.5) is 17.6 Å². The van der Waals surface area contributed by atoms with E-state index in [1.165, 1.54) is 24.6 Å². The van der Waals surface area contributed by atoms with Gasteiger partial charge in [-0.2, -0.15) is 0 Å². The van der Waals surface area contributed by atoms with Crippen LogP contribution in [-0.4, -0.2) is 21.8 Å². The van der Waals surface area contributed by atoms with Gasteiger partial charge in [0.15, 0.2) is 0 Å². The Morgan fingerprint density at radius 3 is 2.36 bits per heavy atom. The predicted molar refractivity (Wildman–Crippen MR) is 72.5 cm³/mol. The first-order chi connectivity index (χ1) is 10.3. The van der Waals surface area contributed by atoms with Crippen molar-refractivity contribution in [2.75, 3.05) is 6.26 Å². The van der Waals surface area contributed by atoms with Gasteiger partial charge in [-0.05, 0) is 17.7 Å². The number of pyridine rings is 1.